The van der Waals surface area contributed by atoms with Gasteiger partial charge in [0.25, 0.3) is 0 Å². The normalized spacial score (nSPS) is 10.5. The number of aromatic nitrogens is 1. The summed E-state index contributed by atoms with van der Waals surface area (Å²) in [6.07, 6.45) is 6.40. The molecular weight excluding hydrogens is 298 g/mol. The molecule has 0 unspecified atom stereocenters. The first kappa shape index (κ1) is 16.2. The zero-order chi connectivity index (χ0) is 16.7. The van der Waals surface area contributed by atoms with Gasteiger partial charge >= 0.3 is 5.97 Å². The van der Waals surface area contributed by atoms with E-state index in [1.807, 2.05) is 6.07 Å². The van der Waals surface area contributed by atoms with Crippen molar-refractivity contribution < 1.29 is 24.2 Å². The van der Waals surface area contributed by atoms with Crippen molar-refractivity contribution in [1.29, 1.82) is 0 Å². The van der Waals surface area contributed by atoms with Crippen LogP contribution in [0, 0.1) is 0 Å². The van der Waals surface area contributed by atoms with Gasteiger partial charge in [0.2, 0.25) is 0 Å². The lowest BCUT2D eigenvalue weighted by molar-refractivity contribution is -0.139. The molecule has 0 fully saturated rings. The molecule has 1 N–H and O–H groups in total. The molecule has 0 saturated heterocycles. The van der Waals surface area contributed by atoms with Gasteiger partial charge in [0, 0.05) is 18.0 Å². The number of rotatable bonds is 7. The first-order chi connectivity index (χ1) is 11.1. The summed E-state index contributed by atoms with van der Waals surface area (Å²) >= 11 is 0. The summed E-state index contributed by atoms with van der Waals surface area (Å²) in [5, 5.41) is 8.63. The van der Waals surface area contributed by atoms with Crippen molar-refractivity contribution in [3.8, 4) is 11.5 Å². The molecule has 2 aromatic rings. The maximum atomic E-state index is 12.2. The molecule has 0 aliphatic carbocycles. The Labute approximate surface area is 133 Å². The molecule has 0 aliphatic rings. The summed E-state index contributed by atoms with van der Waals surface area (Å²) in [5.41, 5.74) is 1.22. The second-order valence-electron chi connectivity index (χ2n) is 4.53. The van der Waals surface area contributed by atoms with E-state index < -0.39 is 12.6 Å². The van der Waals surface area contributed by atoms with Gasteiger partial charge in [-0.2, -0.15) is 0 Å². The highest BCUT2D eigenvalue weighted by Crippen LogP contribution is 2.28. The lowest BCUT2D eigenvalue weighted by atomic mass is 10.1. The van der Waals surface area contributed by atoms with Gasteiger partial charge in [-0.15, -0.1) is 0 Å². The first-order valence-electron chi connectivity index (χ1n) is 6.75. The summed E-state index contributed by atoms with van der Waals surface area (Å²) < 4.78 is 10.2. The standard InChI is InChI=1S/C17H15NO5/c1-22-16-9-13(5-7-15(16)23-11-17(20)21)14(19)6-4-12-3-2-8-18-10-12/h2-10H,11H2,1H3,(H,20,21). The van der Waals surface area contributed by atoms with Gasteiger partial charge in [0.1, 0.15) is 0 Å². The number of benzene rings is 1. The molecule has 1 aromatic heterocycles. The number of hydrogen-bond donors (Lipinski definition) is 1. The fraction of sp³-hybridized carbons (Fsp3) is 0.118. The lowest BCUT2D eigenvalue weighted by Gasteiger charge is -2.09. The molecule has 0 radical (unpaired) electrons. The van der Waals surface area contributed by atoms with E-state index in [1.165, 1.54) is 25.3 Å². The molecular formula is C17H15NO5. The fourth-order valence-electron chi connectivity index (χ4n) is 1.82. The Balaban J connectivity index is 2.14. The van der Waals surface area contributed by atoms with Gasteiger partial charge in [-0.25, -0.2) is 4.79 Å². The van der Waals surface area contributed by atoms with Crippen LogP contribution in [0.2, 0.25) is 0 Å². The molecule has 1 aromatic carbocycles. The van der Waals surface area contributed by atoms with E-state index in [2.05, 4.69) is 4.98 Å². The molecule has 6 nitrogen and oxygen atoms in total. The van der Waals surface area contributed by atoms with E-state index in [4.69, 9.17) is 14.6 Å². The van der Waals surface area contributed by atoms with E-state index in [9.17, 15) is 9.59 Å². The molecule has 0 spiro atoms. The van der Waals surface area contributed by atoms with E-state index >= 15 is 0 Å². The minimum absolute atomic E-state index is 0.211. The van der Waals surface area contributed by atoms with Crippen LogP contribution < -0.4 is 9.47 Å². The molecule has 0 atom stereocenters. The second kappa shape index (κ2) is 7.74. The second-order valence-corrected chi connectivity index (χ2v) is 4.53. The number of ketones is 1. The summed E-state index contributed by atoms with van der Waals surface area (Å²) in [6, 6.07) is 8.18. The van der Waals surface area contributed by atoms with Crippen LogP contribution in [0.15, 0.2) is 48.8 Å². The Morgan fingerprint density at radius 1 is 1.26 bits per heavy atom. The predicted octanol–water partition coefficient (Wildman–Crippen LogP) is 2.45. The molecule has 0 aliphatic heterocycles. The number of carboxylic acids is 1. The third kappa shape index (κ3) is 4.67. The summed E-state index contributed by atoms with van der Waals surface area (Å²) in [5.74, 6) is -0.738. The smallest absolute Gasteiger partial charge is 0.341 e. The zero-order valence-corrected chi connectivity index (χ0v) is 12.4. The van der Waals surface area contributed by atoms with Crippen LogP contribution in [0.5, 0.6) is 11.5 Å². The number of carbonyl (C=O) groups is 2. The minimum Gasteiger partial charge on any atom is -0.493 e. The van der Waals surface area contributed by atoms with Gasteiger partial charge in [0.05, 0.1) is 7.11 Å². The van der Waals surface area contributed by atoms with E-state index in [0.29, 0.717) is 11.3 Å². The SMILES string of the molecule is COc1cc(C(=O)C=Cc2cccnc2)ccc1OCC(=O)O. The van der Waals surface area contributed by atoms with Crippen LogP contribution in [0.3, 0.4) is 0 Å². The van der Waals surface area contributed by atoms with Crippen LogP contribution in [0.25, 0.3) is 6.08 Å². The third-order valence-electron chi connectivity index (χ3n) is 2.91. The number of ether oxygens (including phenoxy) is 2. The number of carbonyl (C=O) groups excluding carboxylic acids is 1. The molecule has 0 saturated carbocycles. The van der Waals surface area contributed by atoms with Crippen LogP contribution >= 0.6 is 0 Å². The van der Waals surface area contributed by atoms with E-state index in [-0.39, 0.29) is 11.5 Å². The van der Waals surface area contributed by atoms with Crippen LogP contribution in [0.1, 0.15) is 15.9 Å². The van der Waals surface area contributed by atoms with Crippen molar-refractivity contribution in [3.05, 3.63) is 59.9 Å². The predicted molar refractivity (Wildman–Crippen MR) is 83.7 cm³/mol. The maximum Gasteiger partial charge on any atom is 0.341 e. The van der Waals surface area contributed by atoms with Crippen LogP contribution in [-0.2, 0) is 4.79 Å². The van der Waals surface area contributed by atoms with Crippen LogP contribution in [0.4, 0.5) is 0 Å². The summed E-state index contributed by atoms with van der Waals surface area (Å²) in [4.78, 5) is 26.7. The average Bonchev–Trinajstić information content (AvgIpc) is 2.58. The number of aliphatic carboxylic acids is 1. The average molecular weight is 313 g/mol. The van der Waals surface area contributed by atoms with Gasteiger partial charge in [-0.1, -0.05) is 6.07 Å². The van der Waals surface area contributed by atoms with Crippen molar-refractivity contribution >= 4 is 17.8 Å². The van der Waals surface area contributed by atoms with Crippen molar-refractivity contribution in [2.45, 2.75) is 0 Å². The van der Waals surface area contributed by atoms with Crippen molar-refractivity contribution in [2.24, 2.45) is 0 Å². The number of carboxylic acid groups (broad SMARTS) is 1. The maximum absolute atomic E-state index is 12.2. The number of nitrogens with zero attached hydrogens (tertiary/aromatic N) is 1. The van der Waals surface area contributed by atoms with E-state index in [1.54, 1.807) is 30.6 Å². The molecule has 0 bridgehead atoms. The fourth-order valence-corrected chi connectivity index (χ4v) is 1.82. The minimum atomic E-state index is -1.09. The highest BCUT2D eigenvalue weighted by atomic mass is 16.5. The molecule has 118 valence electrons. The summed E-state index contributed by atoms with van der Waals surface area (Å²) in [6.45, 7) is -0.482. The topological polar surface area (TPSA) is 85.7 Å². The highest BCUT2D eigenvalue weighted by molar-refractivity contribution is 6.07. The van der Waals surface area contributed by atoms with Gasteiger partial charge in [-0.3, -0.25) is 9.78 Å². The lowest BCUT2D eigenvalue weighted by Crippen LogP contribution is -2.10. The van der Waals surface area contributed by atoms with Gasteiger partial charge < -0.3 is 14.6 Å². The van der Waals surface area contributed by atoms with Gasteiger partial charge in [-0.05, 0) is 42.0 Å². The quantitative estimate of drug-likeness (QED) is 0.624. The Bertz CT molecular complexity index is 725. The van der Waals surface area contributed by atoms with Crippen molar-refractivity contribution in [1.82, 2.24) is 4.98 Å². The largest absolute Gasteiger partial charge is 0.493 e. The monoisotopic (exact) mass is 313 g/mol. The number of methoxy groups -OCH3 is 1. The van der Waals surface area contributed by atoms with Crippen molar-refractivity contribution in [3.63, 3.8) is 0 Å². The number of hydrogen-bond acceptors (Lipinski definition) is 5. The first-order valence-corrected chi connectivity index (χ1v) is 6.75. The Hall–Kier alpha value is -3.15. The molecule has 6 heteroatoms. The molecule has 0 amide bonds. The van der Waals surface area contributed by atoms with E-state index in [0.717, 1.165) is 5.56 Å². The van der Waals surface area contributed by atoms with Crippen molar-refractivity contribution in [2.75, 3.05) is 13.7 Å². The highest BCUT2D eigenvalue weighted by Gasteiger charge is 2.10. The number of allylic oxidation sites excluding steroid dienone is 1. The molecule has 23 heavy (non-hydrogen) atoms. The Morgan fingerprint density at radius 2 is 2.09 bits per heavy atom. The summed E-state index contributed by atoms with van der Waals surface area (Å²) in [7, 11) is 1.42. The molecule has 2 rings (SSSR count). The molecule has 1 heterocycles. The Morgan fingerprint density at radius 3 is 2.74 bits per heavy atom. The third-order valence-corrected chi connectivity index (χ3v) is 2.91. The Kier molecular flexibility index (Phi) is 5.46. The zero-order valence-electron chi connectivity index (χ0n) is 12.4. The van der Waals surface area contributed by atoms with Gasteiger partial charge in [0.15, 0.2) is 23.9 Å². The van der Waals surface area contributed by atoms with Crippen LogP contribution in [-0.4, -0.2) is 35.6 Å². The number of pyridine rings is 1.